The van der Waals surface area contributed by atoms with Crippen molar-refractivity contribution in [2.75, 3.05) is 33.4 Å². The zero-order valence-corrected chi connectivity index (χ0v) is 12.5. The van der Waals surface area contributed by atoms with E-state index in [4.69, 9.17) is 4.74 Å². The summed E-state index contributed by atoms with van der Waals surface area (Å²) in [6, 6.07) is 7.42. The van der Waals surface area contributed by atoms with E-state index in [1.54, 1.807) is 0 Å². The van der Waals surface area contributed by atoms with E-state index in [-0.39, 0.29) is 18.4 Å². The summed E-state index contributed by atoms with van der Waals surface area (Å²) >= 11 is 0. The van der Waals surface area contributed by atoms with Crippen molar-refractivity contribution >= 4 is 11.8 Å². The molecule has 0 saturated heterocycles. The first-order chi connectivity index (χ1) is 10.2. The molecule has 0 bridgehead atoms. The number of hydrogen-bond donors (Lipinski definition) is 2. The Bertz CT molecular complexity index is 445. The van der Waals surface area contributed by atoms with Crippen LogP contribution in [0.25, 0.3) is 0 Å². The van der Waals surface area contributed by atoms with E-state index in [1.165, 1.54) is 7.11 Å². The topological polar surface area (TPSA) is 76.7 Å². The van der Waals surface area contributed by atoms with Gasteiger partial charge in [0.15, 0.2) is 0 Å². The van der Waals surface area contributed by atoms with Crippen molar-refractivity contribution in [1.82, 2.24) is 10.6 Å². The van der Waals surface area contributed by atoms with Crippen LogP contribution in [0, 0.1) is 0 Å². The Morgan fingerprint density at radius 2 is 1.67 bits per heavy atom. The van der Waals surface area contributed by atoms with Crippen LogP contribution >= 0.6 is 0 Å². The zero-order chi connectivity index (χ0) is 15.5. The SMILES string of the molecule is CCOc1ccc(CC(=O)NCCNC(=O)COC)cc1. The summed E-state index contributed by atoms with van der Waals surface area (Å²) in [5.41, 5.74) is 0.916. The van der Waals surface area contributed by atoms with Crippen LogP contribution in [0.15, 0.2) is 24.3 Å². The first kappa shape index (κ1) is 17.0. The number of nitrogens with one attached hydrogen (secondary N) is 2. The molecule has 0 aliphatic heterocycles. The number of benzene rings is 1. The first-order valence-electron chi connectivity index (χ1n) is 6.89. The molecule has 1 aromatic rings. The number of rotatable bonds is 9. The molecule has 0 saturated carbocycles. The Hall–Kier alpha value is -2.08. The second kappa shape index (κ2) is 9.77. The molecule has 0 unspecified atom stereocenters. The van der Waals surface area contributed by atoms with E-state index >= 15 is 0 Å². The van der Waals surface area contributed by atoms with Crippen LogP contribution in [0.1, 0.15) is 12.5 Å². The fourth-order valence-corrected chi connectivity index (χ4v) is 1.70. The maximum absolute atomic E-state index is 11.7. The Balaban J connectivity index is 2.22. The first-order valence-corrected chi connectivity index (χ1v) is 6.89. The highest BCUT2D eigenvalue weighted by Gasteiger charge is 2.04. The summed E-state index contributed by atoms with van der Waals surface area (Å²) in [5, 5.41) is 5.37. The normalized spacial score (nSPS) is 10.0. The van der Waals surface area contributed by atoms with Gasteiger partial charge in [-0.05, 0) is 24.6 Å². The van der Waals surface area contributed by atoms with Gasteiger partial charge in [0.1, 0.15) is 12.4 Å². The summed E-state index contributed by atoms with van der Waals surface area (Å²) in [5.74, 6) is 0.515. The second-order valence-corrected chi connectivity index (χ2v) is 4.39. The quantitative estimate of drug-likeness (QED) is 0.651. The van der Waals surface area contributed by atoms with Crippen molar-refractivity contribution in [2.45, 2.75) is 13.3 Å². The fourth-order valence-electron chi connectivity index (χ4n) is 1.70. The molecule has 0 aliphatic rings. The van der Waals surface area contributed by atoms with Crippen LogP contribution in [-0.4, -0.2) is 45.2 Å². The molecule has 2 amide bonds. The van der Waals surface area contributed by atoms with Crippen LogP contribution in [0.2, 0.25) is 0 Å². The van der Waals surface area contributed by atoms with E-state index < -0.39 is 0 Å². The number of hydrogen-bond acceptors (Lipinski definition) is 4. The van der Waals surface area contributed by atoms with Crippen LogP contribution < -0.4 is 15.4 Å². The van der Waals surface area contributed by atoms with Gasteiger partial charge in [0.25, 0.3) is 0 Å². The van der Waals surface area contributed by atoms with Crippen molar-refractivity contribution < 1.29 is 19.1 Å². The van der Waals surface area contributed by atoms with Gasteiger partial charge in [0, 0.05) is 20.2 Å². The second-order valence-electron chi connectivity index (χ2n) is 4.39. The molecular formula is C15H22N2O4. The van der Waals surface area contributed by atoms with Crippen molar-refractivity contribution in [3.8, 4) is 5.75 Å². The van der Waals surface area contributed by atoms with Crippen LogP contribution in [-0.2, 0) is 20.7 Å². The van der Waals surface area contributed by atoms with Crippen molar-refractivity contribution in [3.63, 3.8) is 0 Å². The van der Waals surface area contributed by atoms with Gasteiger partial charge in [-0.25, -0.2) is 0 Å². The summed E-state index contributed by atoms with van der Waals surface area (Å²) < 4.78 is 10.0. The Labute approximate surface area is 124 Å². The van der Waals surface area contributed by atoms with Gasteiger partial charge in [0.2, 0.25) is 11.8 Å². The summed E-state index contributed by atoms with van der Waals surface area (Å²) in [6.45, 7) is 3.35. The summed E-state index contributed by atoms with van der Waals surface area (Å²) in [6.07, 6.45) is 0.304. The highest BCUT2D eigenvalue weighted by Crippen LogP contribution is 2.12. The predicted octanol–water partition coefficient (Wildman–Crippen LogP) is 0.507. The minimum atomic E-state index is -0.196. The third-order valence-corrected chi connectivity index (χ3v) is 2.64. The molecule has 0 aliphatic carbocycles. The maximum Gasteiger partial charge on any atom is 0.246 e. The lowest BCUT2D eigenvalue weighted by molar-refractivity contribution is -0.125. The van der Waals surface area contributed by atoms with Gasteiger partial charge in [-0.2, -0.15) is 0 Å². The molecule has 116 valence electrons. The average Bonchev–Trinajstić information content (AvgIpc) is 2.46. The van der Waals surface area contributed by atoms with Gasteiger partial charge in [-0.15, -0.1) is 0 Å². The molecule has 0 fully saturated rings. The molecule has 1 rings (SSSR count). The smallest absolute Gasteiger partial charge is 0.246 e. The lowest BCUT2D eigenvalue weighted by Crippen LogP contribution is -2.36. The number of carbonyl (C=O) groups excluding carboxylic acids is 2. The largest absolute Gasteiger partial charge is 0.494 e. The minimum Gasteiger partial charge on any atom is -0.494 e. The highest BCUT2D eigenvalue weighted by atomic mass is 16.5. The van der Waals surface area contributed by atoms with Gasteiger partial charge in [-0.3, -0.25) is 9.59 Å². The molecule has 6 nitrogen and oxygen atoms in total. The van der Waals surface area contributed by atoms with Crippen LogP contribution in [0.4, 0.5) is 0 Å². The molecule has 1 aromatic carbocycles. The van der Waals surface area contributed by atoms with Crippen LogP contribution in [0.5, 0.6) is 5.75 Å². The molecule has 0 radical (unpaired) electrons. The Kier molecular flexibility index (Phi) is 7.89. The summed E-state index contributed by atoms with van der Waals surface area (Å²) in [4.78, 5) is 22.8. The number of ether oxygens (including phenoxy) is 2. The molecule has 21 heavy (non-hydrogen) atoms. The lowest BCUT2D eigenvalue weighted by Gasteiger charge is -2.07. The third kappa shape index (κ3) is 7.31. The van der Waals surface area contributed by atoms with Crippen molar-refractivity contribution in [1.29, 1.82) is 0 Å². The van der Waals surface area contributed by atoms with E-state index in [0.29, 0.717) is 26.1 Å². The molecule has 6 heteroatoms. The highest BCUT2D eigenvalue weighted by molar-refractivity contribution is 5.79. The Morgan fingerprint density at radius 3 is 2.24 bits per heavy atom. The van der Waals surface area contributed by atoms with E-state index in [1.807, 2.05) is 31.2 Å². The lowest BCUT2D eigenvalue weighted by atomic mass is 10.1. The number of methoxy groups -OCH3 is 1. The van der Waals surface area contributed by atoms with E-state index in [2.05, 4.69) is 15.4 Å². The van der Waals surface area contributed by atoms with Gasteiger partial charge in [-0.1, -0.05) is 12.1 Å². The molecule has 0 atom stereocenters. The van der Waals surface area contributed by atoms with Crippen LogP contribution in [0.3, 0.4) is 0 Å². The standard InChI is InChI=1S/C15H22N2O4/c1-3-21-13-6-4-12(5-7-13)10-14(18)16-8-9-17-15(19)11-20-2/h4-7H,3,8-11H2,1-2H3,(H,16,18)(H,17,19). The van der Waals surface area contributed by atoms with Gasteiger partial charge < -0.3 is 20.1 Å². The van der Waals surface area contributed by atoms with Gasteiger partial charge in [0.05, 0.1) is 13.0 Å². The molecule has 2 N–H and O–H groups in total. The average molecular weight is 294 g/mol. The minimum absolute atomic E-state index is 0.0279. The number of carbonyl (C=O) groups is 2. The van der Waals surface area contributed by atoms with E-state index in [0.717, 1.165) is 11.3 Å². The number of amides is 2. The van der Waals surface area contributed by atoms with E-state index in [9.17, 15) is 9.59 Å². The molecule has 0 aromatic heterocycles. The van der Waals surface area contributed by atoms with Crippen molar-refractivity contribution in [2.24, 2.45) is 0 Å². The fraction of sp³-hybridized carbons (Fsp3) is 0.467. The maximum atomic E-state index is 11.7. The monoisotopic (exact) mass is 294 g/mol. The Morgan fingerprint density at radius 1 is 1.05 bits per heavy atom. The molecule has 0 heterocycles. The zero-order valence-electron chi connectivity index (χ0n) is 12.5. The third-order valence-electron chi connectivity index (χ3n) is 2.64. The van der Waals surface area contributed by atoms with Gasteiger partial charge >= 0.3 is 0 Å². The van der Waals surface area contributed by atoms with Crippen molar-refractivity contribution in [3.05, 3.63) is 29.8 Å². The molecule has 0 spiro atoms. The molecular weight excluding hydrogens is 272 g/mol. The predicted molar refractivity (Wildman–Crippen MR) is 79.2 cm³/mol. The summed E-state index contributed by atoms with van der Waals surface area (Å²) in [7, 11) is 1.46.